The van der Waals surface area contributed by atoms with Crippen LogP contribution in [0.1, 0.15) is 18.4 Å². The SMILES string of the molecule is O=c1cc(NC2CC2)cnn1Cc1ccccc1F. The Kier molecular flexibility index (Phi) is 3.03. The van der Waals surface area contributed by atoms with E-state index in [1.54, 1.807) is 24.4 Å². The lowest BCUT2D eigenvalue weighted by molar-refractivity contribution is 0.572. The number of hydrogen-bond acceptors (Lipinski definition) is 3. The molecule has 1 fully saturated rings. The Hall–Kier alpha value is -2.17. The van der Waals surface area contributed by atoms with Crippen LogP contribution < -0.4 is 10.9 Å². The van der Waals surface area contributed by atoms with Crippen molar-refractivity contribution in [3.05, 3.63) is 58.3 Å². The van der Waals surface area contributed by atoms with Crippen molar-refractivity contribution in [3.8, 4) is 0 Å². The van der Waals surface area contributed by atoms with Crippen LogP contribution in [0.3, 0.4) is 0 Å². The highest BCUT2D eigenvalue weighted by Gasteiger charge is 2.21. The van der Waals surface area contributed by atoms with E-state index >= 15 is 0 Å². The first kappa shape index (κ1) is 11.9. The highest BCUT2D eigenvalue weighted by atomic mass is 19.1. The molecule has 1 saturated carbocycles. The number of anilines is 1. The average Bonchev–Trinajstić information content (AvgIpc) is 3.19. The fourth-order valence-electron chi connectivity index (χ4n) is 1.88. The summed E-state index contributed by atoms with van der Waals surface area (Å²) in [6, 6.07) is 8.38. The van der Waals surface area contributed by atoms with Crippen molar-refractivity contribution < 1.29 is 4.39 Å². The molecule has 0 saturated heterocycles. The molecule has 2 aromatic rings. The van der Waals surface area contributed by atoms with E-state index < -0.39 is 0 Å². The molecule has 1 aliphatic carbocycles. The quantitative estimate of drug-likeness (QED) is 0.913. The molecule has 0 amide bonds. The molecular formula is C14H14FN3O. The fourth-order valence-corrected chi connectivity index (χ4v) is 1.88. The highest BCUT2D eigenvalue weighted by Crippen LogP contribution is 2.23. The molecule has 0 radical (unpaired) electrons. The van der Waals surface area contributed by atoms with E-state index in [1.807, 2.05) is 0 Å². The predicted molar refractivity (Wildman–Crippen MR) is 70.6 cm³/mol. The summed E-state index contributed by atoms with van der Waals surface area (Å²) in [5.74, 6) is -0.323. The topological polar surface area (TPSA) is 46.9 Å². The number of nitrogens with one attached hydrogen (secondary N) is 1. The first-order chi connectivity index (χ1) is 9.22. The maximum atomic E-state index is 13.5. The van der Waals surface area contributed by atoms with Gasteiger partial charge in [-0.3, -0.25) is 4.79 Å². The van der Waals surface area contributed by atoms with Crippen molar-refractivity contribution in [1.82, 2.24) is 9.78 Å². The van der Waals surface area contributed by atoms with Gasteiger partial charge in [0.25, 0.3) is 5.56 Å². The van der Waals surface area contributed by atoms with Gasteiger partial charge in [0, 0.05) is 17.7 Å². The van der Waals surface area contributed by atoms with Gasteiger partial charge < -0.3 is 5.32 Å². The van der Waals surface area contributed by atoms with Crippen molar-refractivity contribution in [2.24, 2.45) is 0 Å². The van der Waals surface area contributed by atoms with Crippen molar-refractivity contribution in [1.29, 1.82) is 0 Å². The second-order valence-electron chi connectivity index (χ2n) is 4.75. The first-order valence-electron chi connectivity index (χ1n) is 6.29. The van der Waals surface area contributed by atoms with E-state index in [-0.39, 0.29) is 17.9 Å². The molecule has 1 N–H and O–H groups in total. The van der Waals surface area contributed by atoms with Crippen LogP contribution in [-0.2, 0) is 6.54 Å². The van der Waals surface area contributed by atoms with E-state index in [0.29, 0.717) is 11.6 Å². The van der Waals surface area contributed by atoms with Crippen molar-refractivity contribution in [2.45, 2.75) is 25.4 Å². The van der Waals surface area contributed by atoms with Gasteiger partial charge in [-0.05, 0) is 18.9 Å². The minimum Gasteiger partial charge on any atom is -0.381 e. The summed E-state index contributed by atoms with van der Waals surface area (Å²) in [7, 11) is 0. The summed E-state index contributed by atoms with van der Waals surface area (Å²) in [6.45, 7) is 0.148. The van der Waals surface area contributed by atoms with Gasteiger partial charge in [0.1, 0.15) is 5.82 Å². The molecular weight excluding hydrogens is 245 g/mol. The Morgan fingerprint density at radius 2 is 2.16 bits per heavy atom. The second kappa shape index (κ2) is 4.84. The maximum absolute atomic E-state index is 13.5. The van der Waals surface area contributed by atoms with E-state index in [4.69, 9.17) is 0 Å². The molecule has 0 unspecified atom stereocenters. The van der Waals surface area contributed by atoms with Crippen LogP contribution in [0.4, 0.5) is 10.1 Å². The zero-order chi connectivity index (χ0) is 13.2. The highest BCUT2D eigenvalue weighted by molar-refractivity contribution is 5.41. The predicted octanol–water partition coefficient (Wildman–Crippen LogP) is 2.00. The number of benzene rings is 1. The third-order valence-electron chi connectivity index (χ3n) is 3.10. The monoisotopic (exact) mass is 259 g/mol. The van der Waals surface area contributed by atoms with Crippen LogP contribution in [-0.4, -0.2) is 15.8 Å². The number of halogens is 1. The summed E-state index contributed by atoms with van der Waals surface area (Å²) in [5.41, 5.74) is 0.964. The Labute approximate surface area is 109 Å². The molecule has 4 nitrogen and oxygen atoms in total. The van der Waals surface area contributed by atoms with Gasteiger partial charge in [-0.25, -0.2) is 9.07 Å². The van der Waals surface area contributed by atoms with Crippen LogP contribution in [0.5, 0.6) is 0 Å². The number of nitrogens with zero attached hydrogens (tertiary/aromatic N) is 2. The number of hydrogen-bond donors (Lipinski definition) is 1. The molecule has 0 spiro atoms. The Bertz CT molecular complexity index is 649. The summed E-state index contributed by atoms with van der Waals surface area (Å²) in [6.07, 6.45) is 3.89. The van der Waals surface area contributed by atoms with Crippen molar-refractivity contribution in [2.75, 3.05) is 5.32 Å². The van der Waals surface area contributed by atoms with Gasteiger partial charge in [0.2, 0.25) is 0 Å². The normalized spacial score (nSPS) is 14.4. The fraction of sp³-hybridized carbons (Fsp3) is 0.286. The van der Waals surface area contributed by atoms with E-state index in [0.717, 1.165) is 18.5 Å². The van der Waals surface area contributed by atoms with E-state index in [2.05, 4.69) is 10.4 Å². The zero-order valence-corrected chi connectivity index (χ0v) is 10.3. The van der Waals surface area contributed by atoms with Crippen molar-refractivity contribution in [3.63, 3.8) is 0 Å². The third kappa shape index (κ3) is 2.81. The molecule has 1 aromatic heterocycles. The molecule has 0 aliphatic heterocycles. The molecule has 0 atom stereocenters. The molecule has 0 bridgehead atoms. The van der Waals surface area contributed by atoms with Gasteiger partial charge in [-0.15, -0.1) is 0 Å². The Morgan fingerprint density at radius 3 is 2.84 bits per heavy atom. The van der Waals surface area contributed by atoms with Crippen molar-refractivity contribution >= 4 is 5.69 Å². The number of rotatable bonds is 4. The van der Waals surface area contributed by atoms with Crippen LogP contribution in [0.25, 0.3) is 0 Å². The lowest BCUT2D eigenvalue weighted by Gasteiger charge is -2.07. The standard InChI is InChI=1S/C14H14FN3O/c15-13-4-2-1-3-10(13)9-18-14(19)7-12(8-16-18)17-11-5-6-11/h1-4,7-8,11,17H,5-6,9H2. The van der Waals surface area contributed by atoms with Crippen LogP contribution in [0, 0.1) is 5.82 Å². The van der Waals surface area contributed by atoms with Crippen LogP contribution in [0.2, 0.25) is 0 Å². The van der Waals surface area contributed by atoms with Gasteiger partial charge >= 0.3 is 0 Å². The van der Waals surface area contributed by atoms with E-state index in [9.17, 15) is 9.18 Å². The molecule has 1 aromatic carbocycles. The smallest absolute Gasteiger partial charge is 0.269 e. The molecule has 1 aliphatic rings. The summed E-state index contributed by atoms with van der Waals surface area (Å²) >= 11 is 0. The second-order valence-corrected chi connectivity index (χ2v) is 4.75. The van der Waals surface area contributed by atoms with E-state index in [1.165, 1.54) is 16.8 Å². The minimum atomic E-state index is -0.323. The molecule has 1 heterocycles. The third-order valence-corrected chi connectivity index (χ3v) is 3.10. The molecule has 98 valence electrons. The minimum absolute atomic E-state index is 0.148. The molecule has 3 rings (SSSR count). The Morgan fingerprint density at radius 1 is 1.37 bits per heavy atom. The summed E-state index contributed by atoms with van der Waals surface area (Å²) in [5, 5.41) is 7.28. The van der Waals surface area contributed by atoms with Crippen LogP contribution in [0.15, 0.2) is 41.3 Å². The van der Waals surface area contributed by atoms with Gasteiger partial charge in [-0.1, -0.05) is 18.2 Å². The average molecular weight is 259 g/mol. The number of aromatic nitrogens is 2. The summed E-state index contributed by atoms with van der Waals surface area (Å²) in [4.78, 5) is 11.9. The van der Waals surface area contributed by atoms with Gasteiger partial charge in [-0.2, -0.15) is 5.10 Å². The summed E-state index contributed by atoms with van der Waals surface area (Å²) < 4.78 is 14.8. The lowest BCUT2D eigenvalue weighted by atomic mass is 10.2. The van der Waals surface area contributed by atoms with Gasteiger partial charge in [0.05, 0.1) is 18.4 Å². The first-order valence-corrected chi connectivity index (χ1v) is 6.29. The largest absolute Gasteiger partial charge is 0.381 e. The zero-order valence-electron chi connectivity index (χ0n) is 10.3. The molecule has 19 heavy (non-hydrogen) atoms. The maximum Gasteiger partial charge on any atom is 0.269 e. The lowest BCUT2D eigenvalue weighted by Crippen LogP contribution is -2.23. The Balaban J connectivity index is 1.81. The molecule has 5 heteroatoms. The van der Waals surface area contributed by atoms with Crippen LogP contribution >= 0.6 is 0 Å². The van der Waals surface area contributed by atoms with Gasteiger partial charge in [0.15, 0.2) is 0 Å².